The van der Waals surface area contributed by atoms with Crippen LogP contribution in [0.1, 0.15) is 19.8 Å². The van der Waals surface area contributed by atoms with Crippen molar-refractivity contribution >= 4 is 11.4 Å². The lowest BCUT2D eigenvalue weighted by Crippen LogP contribution is -2.51. The monoisotopic (exact) mass is 248 g/mol. The molecule has 0 unspecified atom stereocenters. The molecule has 4 heteroatoms. The highest BCUT2D eigenvalue weighted by molar-refractivity contribution is 5.78. The van der Waals surface area contributed by atoms with Gasteiger partial charge >= 0.3 is 0 Å². The first-order valence-electron chi connectivity index (χ1n) is 6.69. The van der Waals surface area contributed by atoms with Crippen LogP contribution in [0, 0.1) is 0 Å². The molecule has 2 aliphatic heterocycles. The molecule has 0 aliphatic carbocycles. The molecule has 0 bridgehead atoms. The molecule has 1 fully saturated rings. The molecule has 2 heterocycles. The van der Waals surface area contributed by atoms with Gasteiger partial charge in [0.15, 0.2) is 0 Å². The molecule has 2 aliphatic rings. The maximum atomic E-state index is 5.65. The van der Waals surface area contributed by atoms with E-state index in [9.17, 15) is 0 Å². The van der Waals surface area contributed by atoms with Crippen LogP contribution >= 0.6 is 0 Å². The van der Waals surface area contributed by atoms with E-state index in [1.807, 2.05) is 19.1 Å². The standard InChI is InChI=1S/C14H20N2O2/c1-2-18-12-5-3-4-11-13(12)15-10-14(16-11)6-8-17-9-7-14/h3-5,15-16H,2,6-10H2,1H3. The molecule has 0 amide bonds. The SMILES string of the molecule is CCOc1cccc2c1NCC1(CCOCC1)N2. The van der Waals surface area contributed by atoms with Gasteiger partial charge in [-0.2, -0.15) is 0 Å². The first-order valence-corrected chi connectivity index (χ1v) is 6.69. The van der Waals surface area contributed by atoms with Crippen LogP contribution in [0.15, 0.2) is 18.2 Å². The van der Waals surface area contributed by atoms with E-state index >= 15 is 0 Å². The molecule has 0 saturated carbocycles. The lowest BCUT2D eigenvalue weighted by atomic mass is 9.87. The van der Waals surface area contributed by atoms with Crippen LogP contribution in [0.25, 0.3) is 0 Å². The Morgan fingerprint density at radius 2 is 2.17 bits per heavy atom. The predicted octanol–water partition coefficient (Wildman–Crippen LogP) is 2.47. The number of ether oxygens (including phenoxy) is 2. The average Bonchev–Trinajstić information content (AvgIpc) is 2.40. The van der Waals surface area contributed by atoms with Crippen LogP contribution < -0.4 is 15.4 Å². The Hall–Kier alpha value is -1.42. The van der Waals surface area contributed by atoms with Gasteiger partial charge in [-0.1, -0.05) is 6.07 Å². The van der Waals surface area contributed by atoms with Crippen molar-refractivity contribution in [2.24, 2.45) is 0 Å². The minimum Gasteiger partial charge on any atom is -0.492 e. The summed E-state index contributed by atoms with van der Waals surface area (Å²) < 4.78 is 11.1. The first-order chi connectivity index (χ1) is 8.83. The average molecular weight is 248 g/mol. The summed E-state index contributed by atoms with van der Waals surface area (Å²) in [6, 6.07) is 6.16. The van der Waals surface area contributed by atoms with Crippen LogP contribution in [0.3, 0.4) is 0 Å². The lowest BCUT2D eigenvalue weighted by molar-refractivity contribution is 0.0634. The molecular formula is C14H20N2O2. The first kappa shape index (κ1) is 11.7. The number of para-hydroxylation sites is 1. The van der Waals surface area contributed by atoms with Gasteiger partial charge < -0.3 is 20.1 Å². The highest BCUT2D eigenvalue weighted by Crippen LogP contribution is 2.40. The van der Waals surface area contributed by atoms with Gasteiger partial charge in [0, 0.05) is 19.8 Å². The number of hydrogen-bond donors (Lipinski definition) is 2. The summed E-state index contributed by atoms with van der Waals surface area (Å²) in [5.41, 5.74) is 2.39. The third kappa shape index (κ3) is 2.01. The Labute approximate surface area is 108 Å². The van der Waals surface area contributed by atoms with Crippen molar-refractivity contribution < 1.29 is 9.47 Å². The topological polar surface area (TPSA) is 42.5 Å². The Morgan fingerprint density at radius 3 is 2.94 bits per heavy atom. The van der Waals surface area contributed by atoms with E-state index in [0.29, 0.717) is 6.61 Å². The Kier molecular flexibility index (Phi) is 3.04. The van der Waals surface area contributed by atoms with E-state index in [-0.39, 0.29) is 5.54 Å². The minimum atomic E-state index is 0.149. The van der Waals surface area contributed by atoms with Crippen molar-refractivity contribution in [1.82, 2.24) is 0 Å². The van der Waals surface area contributed by atoms with Gasteiger partial charge in [0.05, 0.1) is 17.8 Å². The Bertz CT molecular complexity index is 428. The zero-order chi connectivity index (χ0) is 12.4. The molecule has 98 valence electrons. The summed E-state index contributed by atoms with van der Waals surface area (Å²) in [6.07, 6.45) is 2.11. The number of nitrogens with one attached hydrogen (secondary N) is 2. The number of anilines is 2. The molecule has 1 aromatic carbocycles. The molecule has 0 radical (unpaired) electrons. The highest BCUT2D eigenvalue weighted by Gasteiger charge is 2.36. The largest absolute Gasteiger partial charge is 0.492 e. The number of benzene rings is 1. The molecule has 0 atom stereocenters. The molecular weight excluding hydrogens is 228 g/mol. The molecule has 1 spiro atoms. The van der Waals surface area contributed by atoms with Gasteiger partial charge in [-0.15, -0.1) is 0 Å². The molecule has 2 N–H and O–H groups in total. The van der Waals surface area contributed by atoms with Crippen LogP contribution in [0.5, 0.6) is 5.75 Å². The minimum absolute atomic E-state index is 0.149. The second kappa shape index (κ2) is 4.69. The summed E-state index contributed by atoms with van der Waals surface area (Å²) in [7, 11) is 0. The number of fused-ring (bicyclic) bond motifs is 1. The van der Waals surface area contributed by atoms with E-state index in [4.69, 9.17) is 9.47 Å². The summed E-state index contributed by atoms with van der Waals surface area (Å²) in [5, 5.41) is 7.22. The predicted molar refractivity (Wildman–Crippen MR) is 72.5 cm³/mol. The zero-order valence-electron chi connectivity index (χ0n) is 10.8. The van der Waals surface area contributed by atoms with E-state index in [1.54, 1.807) is 0 Å². The van der Waals surface area contributed by atoms with Crippen molar-refractivity contribution in [2.75, 3.05) is 37.0 Å². The van der Waals surface area contributed by atoms with Gasteiger partial charge in [-0.05, 0) is 31.9 Å². The Balaban J connectivity index is 1.86. The number of hydrogen-bond acceptors (Lipinski definition) is 4. The third-order valence-electron chi connectivity index (χ3n) is 3.78. The summed E-state index contributed by atoms with van der Waals surface area (Å²) in [6.45, 7) is 5.32. The summed E-state index contributed by atoms with van der Waals surface area (Å²) in [4.78, 5) is 0. The molecule has 3 rings (SSSR count). The third-order valence-corrected chi connectivity index (χ3v) is 3.78. The van der Waals surface area contributed by atoms with E-state index < -0.39 is 0 Å². The van der Waals surface area contributed by atoms with Gasteiger partial charge in [-0.25, -0.2) is 0 Å². The quantitative estimate of drug-likeness (QED) is 0.843. The van der Waals surface area contributed by atoms with Crippen molar-refractivity contribution in [3.63, 3.8) is 0 Å². The maximum absolute atomic E-state index is 5.65. The van der Waals surface area contributed by atoms with Gasteiger partial charge in [-0.3, -0.25) is 0 Å². The van der Waals surface area contributed by atoms with E-state index in [1.165, 1.54) is 0 Å². The smallest absolute Gasteiger partial charge is 0.144 e. The molecule has 1 aromatic rings. The van der Waals surface area contributed by atoms with Crippen molar-refractivity contribution in [3.8, 4) is 5.75 Å². The normalized spacial score (nSPS) is 20.7. The molecule has 0 aromatic heterocycles. The zero-order valence-corrected chi connectivity index (χ0v) is 10.8. The summed E-state index contributed by atoms with van der Waals surface area (Å²) in [5.74, 6) is 0.935. The van der Waals surface area contributed by atoms with Gasteiger partial charge in [0.25, 0.3) is 0 Å². The van der Waals surface area contributed by atoms with Crippen LogP contribution in [-0.2, 0) is 4.74 Å². The molecule has 18 heavy (non-hydrogen) atoms. The highest BCUT2D eigenvalue weighted by atomic mass is 16.5. The van der Waals surface area contributed by atoms with Crippen LogP contribution in [0.2, 0.25) is 0 Å². The second-order valence-corrected chi connectivity index (χ2v) is 4.98. The maximum Gasteiger partial charge on any atom is 0.144 e. The van der Waals surface area contributed by atoms with E-state index in [0.717, 1.165) is 49.7 Å². The Morgan fingerprint density at radius 1 is 1.33 bits per heavy atom. The second-order valence-electron chi connectivity index (χ2n) is 4.98. The van der Waals surface area contributed by atoms with Gasteiger partial charge in [0.2, 0.25) is 0 Å². The fourth-order valence-corrected chi connectivity index (χ4v) is 2.74. The molecule has 1 saturated heterocycles. The number of rotatable bonds is 2. The van der Waals surface area contributed by atoms with Crippen molar-refractivity contribution in [2.45, 2.75) is 25.3 Å². The van der Waals surface area contributed by atoms with Crippen LogP contribution in [0.4, 0.5) is 11.4 Å². The van der Waals surface area contributed by atoms with Crippen molar-refractivity contribution in [1.29, 1.82) is 0 Å². The van der Waals surface area contributed by atoms with Gasteiger partial charge in [0.1, 0.15) is 11.4 Å². The van der Waals surface area contributed by atoms with Crippen LogP contribution in [-0.4, -0.2) is 31.9 Å². The van der Waals surface area contributed by atoms with E-state index in [2.05, 4.69) is 16.7 Å². The fraction of sp³-hybridized carbons (Fsp3) is 0.571. The lowest BCUT2D eigenvalue weighted by Gasteiger charge is -2.43. The summed E-state index contributed by atoms with van der Waals surface area (Å²) >= 11 is 0. The van der Waals surface area contributed by atoms with Crippen molar-refractivity contribution in [3.05, 3.63) is 18.2 Å². The molecule has 4 nitrogen and oxygen atoms in total. The fourth-order valence-electron chi connectivity index (χ4n) is 2.74.